The second kappa shape index (κ2) is 5.99. The molecule has 2 N–H and O–H groups in total. The van der Waals surface area contributed by atoms with Gasteiger partial charge in [-0.25, -0.2) is 0 Å². The topological polar surface area (TPSA) is 41.1 Å². The summed E-state index contributed by atoms with van der Waals surface area (Å²) in [7, 11) is 0. The minimum absolute atomic E-state index is 0.209. The summed E-state index contributed by atoms with van der Waals surface area (Å²) in [6, 6.07) is 11.0. The van der Waals surface area contributed by atoms with Crippen LogP contribution in [0, 0.1) is 0 Å². The number of carbonyl (C=O) groups is 1. The summed E-state index contributed by atoms with van der Waals surface area (Å²) in [5.74, 6) is -0.209. The molecule has 6 heteroatoms. The molecule has 1 heterocycles. The number of thiocarbonyl (C=S) groups is 1. The van der Waals surface area contributed by atoms with Gasteiger partial charge >= 0.3 is 0 Å². The quantitative estimate of drug-likeness (QED) is 0.588. The molecule has 0 bridgehead atoms. The Morgan fingerprint density at radius 1 is 1.22 bits per heavy atom. The highest BCUT2D eigenvalue weighted by Crippen LogP contribution is 2.18. The fourth-order valence-corrected chi connectivity index (χ4v) is 2.34. The van der Waals surface area contributed by atoms with Crippen molar-refractivity contribution in [1.29, 1.82) is 0 Å². The number of rotatable bonds is 2. The van der Waals surface area contributed by atoms with Crippen LogP contribution in [-0.4, -0.2) is 11.0 Å². The lowest BCUT2D eigenvalue weighted by Crippen LogP contribution is -2.33. The smallest absolute Gasteiger partial charge is 0.267 e. The molecule has 0 aliphatic rings. The summed E-state index contributed by atoms with van der Waals surface area (Å²) < 4.78 is 0. The molecule has 2 rings (SSSR count). The van der Waals surface area contributed by atoms with Crippen molar-refractivity contribution in [2.24, 2.45) is 0 Å². The number of nitrogens with one attached hydrogen (secondary N) is 2. The van der Waals surface area contributed by atoms with Crippen LogP contribution in [-0.2, 0) is 0 Å². The van der Waals surface area contributed by atoms with E-state index in [1.54, 1.807) is 6.07 Å². The molecule has 0 aliphatic carbocycles. The van der Waals surface area contributed by atoms with Crippen molar-refractivity contribution in [3.63, 3.8) is 0 Å². The summed E-state index contributed by atoms with van der Waals surface area (Å²) in [6.07, 6.45) is 0. The lowest BCUT2D eigenvalue weighted by molar-refractivity contribution is 0.0981. The van der Waals surface area contributed by atoms with E-state index in [1.165, 1.54) is 11.3 Å². The molecule has 92 valence electrons. The maximum absolute atomic E-state index is 11.7. The van der Waals surface area contributed by atoms with Crippen LogP contribution in [0.3, 0.4) is 0 Å². The number of para-hydroxylation sites is 1. The van der Waals surface area contributed by atoms with Gasteiger partial charge in [-0.2, -0.15) is 0 Å². The summed E-state index contributed by atoms with van der Waals surface area (Å²) in [5, 5.41) is 7.65. The Balaban J connectivity index is 1.98. The number of benzene rings is 1. The van der Waals surface area contributed by atoms with E-state index in [9.17, 15) is 4.79 Å². The molecule has 1 aromatic carbocycles. The van der Waals surface area contributed by atoms with E-state index in [2.05, 4.69) is 23.3 Å². The van der Waals surface area contributed by atoms with Gasteiger partial charge in [-0.05, 0) is 35.8 Å². The average molecular weight is 294 g/mol. The lowest BCUT2D eigenvalue weighted by Gasteiger charge is -2.10. The van der Waals surface area contributed by atoms with Gasteiger partial charge in [0.15, 0.2) is 5.11 Å². The second-order valence-electron chi connectivity index (χ2n) is 3.40. The van der Waals surface area contributed by atoms with Crippen LogP contribution in [0.1, 0.15) is 9.67 Å². The number of carbonyl (C=O) groups excluding carboxylic acids is 1. The highest BCUT2D eigenvalue weighted by atomic mass is 32.1. The minimum atomic E-state index is -0.209. The molecule has 18 heavy (non-hydrogen) atoms. The van der Waals surface area contributed by atoms with Crippen molar-refractivity contribution < 1.29 is 4.79 Å². The van der Waals surface area contributed by atoms with E-state index < -0.39 is 0 Å². The normalized spacial score (nSPS) is 9.83. The zero-order chi connectivity index (χ0) is 13.0. The molecule has 3 nitrogen and oxygen atoms in total. The molecule has 0 spiro atoms. The summed E-state index contributed by atoms with van der Waals surface area (Å²) in [4.78, 5) is 13.1. The van der Waals surface area contributed by atoms with Crippen LogP contribution in [0.15, 0.2) is 46.7 Å². The van der Waals surface area contributed by atoms with Gasteiger partial charge in [-0.1, -0.05) is 18.2 Å². The predicted octanol–water partition coefficient (Wildman–Crippen LogP) is 3.16. The first-order valence-electron chi connectivity index (χ1n) is 5.10. The van der Waals surface area contributed by atoms with Gasteiger partial charge < -0.3 is 5.32 Å². The van der Waals surface area contributed by atoms with Gasteiger partial charge in [-0.3, -0.25) is 10.1 Å². The molecular formula is C12H10N2OS3. The minimum Gasteiger partial charge on any atom is -0.331 e. The first-order valence-corrected chi connectivity index (χ1v) is 6.84. The highest BCUT2D eigenvalue weighted by molar-refractivity contribution is 7.81. The van der Waals surface area contributed by atoms with Crippen molar-refractivity contribution in [1.82, 2.24) is 5.32 Å². The van der Waals surface area contributed by atoms with E-state index in [0.29, 0.717) is 4.88 Å². The van der Waals surface area contributed by atoms with Gasteiger partial charge in [-0.15, -0.1) is 24.0 Å². The Labute approximate surface area is 120 Å². The molecule has 0 fully saturated rings. The standard InChI is InChI=1S/C12H10N2OS3/c15-11(10-6-3-7-18-10)14-12(17)13-8-4-1-2-5-9(8)16/h1-7,16H,(H2,13,14,15,17). The van der Waals surface area contributed by atoms with E-state index in [1.807, 2.05) is 35.7 Å². The molecule has 2 aromatic rings. The second-order valence-corrected chi connectivity index (χ2v) is 5.24. The van der Waals surface area contributed by atoms with Gasteiger partial charge in [0.2, 0.25) is 0 Å². The molecule has 0 radical (unpaired) electrons. The summed E-state index contributed by atoms with van der Waals surface area (Å²) in [5.41, 5.74) is 0.761. The Morgan fingerprint density at radius 3 is 2.67 bits per heavy atom. The molecular weight excluding hydrogens is 284 g/mol. The fourth-order valence-electron chi connectivity index (χ4n) is 1.31. The molecule has 1 aromatic heterocycles. The lowest BCUT2D eigenvalue weighted by atomic mass is 10.3. The zero-order valence-electron chi connectivity index (χ0n) is 9.21. The molecule has 0 aliphatic heterocycles. The number of anilines is 1. The first-order chi connectivity index (χ1) is 8.66. The van der Waals surface area contributed by atoms with Crippen molar-refractivity contribution in [2.45, 2.75) is 4.90 Å². The van der Waals surface area contributed by atoms with E-state index in [4.69, 9.17) is 12.2 Å². The number of thiol groups is 1. The van der Waals surface area contributed by atoms with Gasteiger partial charge in [0.1, 0.15) is 0 Å². The Bertz CT molecular complexity index is 566. The van der Waals surface area contributed by atoms with Crippen LogP contribution in [0.5, 0.6) is 0 Å². The van der Waals surface area contributed by atoms with E-state index >= 15 is 0 Å². The summed E-state index contributed by atoms with van der Waals surface area (Å²) >= 11 is 10.7. The largest absolute Gasteiger partial charge is 0.331 e. The number of hydrogen-bond acceptors (Lipinski definition) is 4. The third kappa shape index (κ3) is 3.32. The molecule has 0 unspecified atom stereocenters. The molecule has 0 atom stereocenters. The fraction of sp³-hybridized carbons (Fsp3) is 0. The SMILES string of the molecule is O=C(NC(=S)Nc1ccccc1S)c1cccs1. The van der Waals surface area contributed by atoms with Crippen LogP contribution >= 0.6 is 36.2 Å². The van der Waals surface area contributed by atoms with Crippen molar-refractivity contribution >= 4 is 52.9 Å². The third-order valence-electron chi connectivity index (χ3n) is 2.12. The van der Waals surface area contributed by atoms with Gasteiger partial charge in [0.25, 0.3) is 5.91 Å². The maximum Gasteiger partial charge on any atom is 0.267 e. The summed E-state index contributed by atoms with van der Waals surface area (Å²) in [6.45, 7) is 0. The zero-order valence-corrected chi connectivity index (χ0v) is 11.7. The van der Waals surface area contributed by atoms with Crippen molar-refractivity contribution in [2.75, 3.05) is 5.32 Å². The number of thiophene rings is 1. The predicted molar refractivity (Wildman–Crippen MR) is 81.7 cm³/mol. The van der Waals surface area contributed by atoms with Crippen LogP contribution in [0.25, 0.3) is 0 Å². The van der Waals surface area contributed by atoms with Crippen LogP contribution in [0.4, 0.5) is 5.69 Å². The maximum atomic E-state index is 11.7. The average Bonchev–Trinajstić information content (AvgIpc) is 2.85. The highest BCUT2D eigenvalue weighted by Gasteiger charge is 2.09. The van der Waals surface area contributed by atoms with Crippen molar-refractivity contribution in [3.05, 3.63) is 46.7 Å². The van der Waals surface area contributed by atoms with Crippen LogP contribution < -0.4 is 10.6 Å². The van der Waals surface area contributed by atoms with Crippen molar-refractivity contribution in [3.8, 4) is 0 Å². The first kappa shape index (κ1) is 13.1. The molecule has 0 saturated carbocycles. The Hall–Kier alpha value is -1.37. The Kier molecular flexibility index (Phi) is 4.35. The van der Waals surface area contributed by atoms with Crippen LogP contribution in [0.2, 0.25) is 0 Å². The monoisotopic (exact) mass is 294 g/mol. The number of hydrogen-bond donors (Lipinski definition) is 3. The molecule has 1 amide bonds. The van der Waals surface area contributed by atoms with E-state index in [-0.39, 0.29) is 11.0 Å². The molecule has 0 saturated heterocycles. The Morgan fingerprint density at radius 2 is 2.00 bits per heavy atom. The number of amides is 1. The van der Waals surface area contributed by atoms with Gasteiger partial charge in [0.05, 0.1) is 10.6 Å². The van der Waals surface area contributed by atoms with Gasteiger partial charge in [0, 0.05) is 4.90 Å². The third-order valence-corrected chi connectivity index (χ3v) is 3.59. The van der Waals surface area contributed by atoms with E-state index in [0.717, 1.165) is 10.6 Å².